The maximum Gasteiger partial charge on any atom is 0.252 e. The van der Waals surface area contributed by atoms with E-state index in [-0.39, 0.29) is 5.91 Å². The molecular formula is C21H26N2O. The monoisotopic (exact) mass is 322 g/mol. The Balaban J connectivity index is 1.83. The van der Waals surface area contributed by atoms with E-state index in [1.807, 2.05) is 24.8 Å². The maximum atomic E-state index is 12.9. The van der Waals surface area contributed by atoms with Crippen LogP contribution in [-0.4, -0.2) is 18.0 Å². The molecule has 0 fully saturated rings. The zero-order valence-corrected chi connectivity index (χ0v) is 15.0. The van der Waals surface area contributed by atoms with Crippen LogP contribution in [-0.2, 0) is 11.2 Å². The van der Waals surface area contributed by atoms with Crippen LogP contribution in [0.15, 0.2) is 42.5 Å². The van der Waals surface area contributed by atoms with Crippen LogP contribution in [0.2, 0.25) is 0 Å². The molecule has 0 bridgehead atoms. The van der Waals surface area contributed by atoms with Gasteiger partial charge in [-0.2, -0.15) is 0 Å². The van der Waals surface area contributed by atoms with E-state index in [0.29, 0.717) is 0 Å². The zero-order chi connectivity index (χ0) is 17.3. The first-order valence-electron chi connectivity index (χ1n) is 8.64. The highest BCUT2D eigenvalue weighted by molar-refractivity contribution is 6.07. The molecule has 0 unspecified atom stereocenters. The van der Waals surface area contributed by atoms with E-state index in [1.54, 1.807) is 0 Å². The fraction of sp³-hybridized carbons (Fsp3) is 0.381. The van der Waals surface area contributed by atoms with E-state index >= 15 is 0 Å². The lowest BCUT2D eigenvalue weighted by atomic mass is 9.95. The molecule has 24 heavy (non-hydrogen) atoms. The first kappa shape index (κ1) is 16.6. The summed E-state index contributed by atoms with van der Waals surface area (Å²) in [7, 11) is 0. The first-order chi connectivity index (χ1) is 11.4. The van der Waals surface area contributed by atoms with Gasteiger partial charge in [-0.25, -0.2) is 0 Å². The van der Waals surface area contributed by atoms with Crippen molar-refractivity contribution in [1.29, 1.82) is 0 Å². The van der Waals surface area contributed by atoms with Crippen LogP contribution < -0.4 is 10.2 Å². The number of carbonyl (C=O) groups is 1. The second kappa shape index (κ2) is 6.31. The number of nitrogens with zero attached hydrogens (tertiary/aromatic N) is 1. The lowest BCUT2D eigenvalue weighted by Crippen LogP contribution is -2.54. The van der Waals surface area contributed by atoms with E-state index in [4.69, 9.17) is 0 Å². The Kier molecular flexibility index (Phi) is 4.35. The number of fused-ring (bicyclic) bond motifs is 1. The molecule has 3 nitrogen and oxygen atoms in total. The van der Waals surface area contributed by atoms with Crippen LogP contribution >= 0.6 is 0 Å². The summed E-state index contributed by atoms with van der Waals surface area (Å²) in [6.07, 6.45) is 1.94. The first-order valence-corrected chi connectivity index (χ1v) is 8.64. The van der Waals surface area contributed by atoms with E-state index in [2.05, 4.69) is 55.6 Å². The summed E-state index contributed by atoms with van der Waals surface area (Å²) in [4.78, 5) is 14.9. The number of hydrogen-bond acceptors (Lipinski definition) is 2. The van der Waals surface area contributed by atoms with Crippen molar-refractivity contribution in [3.63, 3.8) is 0 Å². The molecule has 0 aliphatic carbocycles. The van der Waals surface area contributed by atoms with Gasteiger partial charge in [-0.15, -0.1) is 0 Å². The lowest BCUT2D eigenvalue weighted by Gasteiger charge is -2.40. The van der Waals surface area contributed by atoms with Crippen molar-refractivity contribution in [3.05, 3.63) is 59.2 Å². The predicted octanol–water partition coefficient (Wildman–Crippen LogP) is 4.47. The highest BCUT2D eigenvalue weighted by atomic mass is 16.2. The molecule has 126 valence electrons. The fourth-order valence-electron chi connectivity index (χ4n) is 3.27. The summed E-state index contributed by atoms with van der Waals surface area (Å²) >= 11 is 0. The van der Waals surface area contributed by atoms with E-state index in [1.165, 1.54) is 16.7 Å². The van der Waals surface area contributed by atoms with Crippen molar-refractivity contribution in [2.24, 2.45) is 0 Å². The zero-order valence-electron chi connectivity index (χ0n) is 15.0. The van der Waals surface area contributed by atoms with Crippen molar-refractivity contribution in [2.45, 2.75) is 46.1 Å². The summed E-state index contributed by atoms with van der Waals surface area (Å²) in [5, 5.41) is 3.40. The maximum absolute atomic E-state index is 12.9. The van der Waals surface area contributed by atoms with Gasteiger partial charge in [0.1, 0.15) is 5.54 Å². The SMILES string of the molecule is Cc1cc2c(cc1C)N(CCCc1ccccc1)C(=O)C(C)(C)N2. The number of amides is 1. The second-order valence-electron chi connectivity index (χ2n) is 7.25. The minimum Gasteiger partial charge on any atom is -0.370 e. The minimum absolute atomic E-state index is 0.145. The quantitative estimate of drug-likeness (QED) is 0.900. The standard InChI is InChI=1S/C21H26N2O/c1-15-13-18-19(14-16(15)2)23(20(24)21(3,4)22-18)12-8-11-17-9-6-5-7-10-17/h5-7,9-10,13-14,22H,8,11-12H2,1-4H3. The predicted molar refractivity (Wildman–Crippen MR) is 101 cm³/mol. The molecule has 2 aromatic rings. The molecule has 2 aromatic carbocycles. The Hall–Kier alpha value is -2.29. The third-order valence-electron chi connectivity index (χ3n) is 4.82. The van der Waals surface area contributed by atoms with Gasteiger partial charge < -0.3 is 10.2 Å². The Morgan fingerprint density at radius 1 is 1.04 bits per heavy atom. The fourth-order valence-corrected chi connectivity index (χ4v) is 3.27. The molecule has 1 aliphatic rings. The smallest absolute Gasteiger partial charge is 0.252 e. The van der Waals surface area contributed by atoms with E-state index in [9.17, 15) is 4.79 Å². The molecule has 3 heteroatoms. The van der Waals surface area contributed by atoms with Gasteiger partial charge in [-0.05, 0) is 69.4 Å². The Morgan fingerprint density at radius 2 is 1.71 bits per heavy atom. The van der Waals surface area contributed by atoms with Gasteiger partial charge in [0.05, 0.1) is 11.4 Å². The Bertz CT molecular complexity index is 750. The van der Waals surface area contributed by atoms with Crippen LogP contribution in [0.5, 0.6) is 0 Å². The number of aryl methyl sites for hydroxylation is 3. The summed E-state index contributed by atoms with van der Waals surface area (Å²) in [5.74, 6) is 0.145. The molecule has 0 radical (unpaired) electrons. The van der Waals surface area contributed by atoms with Gasteiger partial charge in [0, 0.05) is 6.54 Å². The molecule has 1 amide bonds. The van der Waals surface area contributed by atoms with Crippen molar-refractivity contribution in [3.8, 4) is 0 Å². The van der Waals surface area contributed by atoms with Crippen LogP contribution in [0.4, 0.5) is 11.4 Å². The van der Waals surface area contributed by atoms with Gasteiger partial charge in [-0.1, -0.05) is 30.3 Å². The van der Waals surface area contributed by atoms with Crippen LogP contribution in [0, 0.1) is 13.8 Å². The molecule has 0 aromatic heterocycles. The highest BCUT2D eigenvalue weighted by Crippen LogP contribution is 2.37. The molecular weight excluding hydrogens is 296 g/mol. The third-order valence-corrected chi connectivity index (χ3v) is 4.82. The Morgan fingerprint density at radius 3 is 2.42 bits per heavy atom. The molecule has 3 rings (SSSR count). The van der Waals surface area contributed by atoms with E-state index in [0.717, 1.165) is 30.8 Å². The van der Waals surface area contributed by atoms with Gasteiger partial charge in [0.25, 0.3) is 5.91 Å². The van der Waals surface area contributed by atoms with Crippen molar-refractivity contribution < 1.29 is 4.79 Å². The highest BCUT2D eigenvalue weighted by Gasteiger charge is 2.38. The van der Waals surface area contributed by atoms with Gasteiger partial charge in [0.15, 0.2) is 0 Å². The Labute approximate surface area is 144 Å². The minimum atomic E-state index is -0.568. The molecule has 1 N–H and O–H groups in total. The van der Waals surface area contributed by atoms with E-state index < -0.39 is 5.54 Å². The molecule has 1 aliphatic heterocycles. The number of nitrogens with one attached hydrogen (secondary N) is 1. The number of anilines is 2. The van der Waals surface area contributed by atoms with Crippen molar-refractivity contribution in [1.82, 2.24) is 0 Å². The summed E-state index contributed by atoms with van der Waals surface area (Å²) in [6, 6.07) is 14.7. The van der Waals surface area contributed by atoms with Crippen LogP contribution in [0.3, 0.4) is 0 Å². The summed E-state index contributed by atoms with van der Waals surface area (Å²) in [5.41, 5.74) is 5.28. The van der Waals surface area contributed by atoms with Crippen molar-refractivity contribution >= 4 is 17.3 Å². The van der Waals surface area contributed by atoms with Crippen LogP contribution in [0.1, 0.15) is 37.0 Å². The normalized spacial score (nSPS) is 15.8. The van der Waals surface area contributed by atoms with Gasteiger partial charge >= 0.3 is 0 Å². The number of rotatable bonds is 4. The molecule has 0 atom stereocenters. The topological polar surface area (TPSA) is 32.3 Å². The summed E-state index contributed by atoms with van der Waals surface area (Å²) < 4.78 is 0. The van der Waals surface area contributed by atoms with Gasteiger partial charge in [0.2, 0.25) is 0 Å². The molecule has 0 spiro atoms. The number of hydrogen-bond donors (Lipinski definition) is 1. The largest absolute Gasteiger partial charge is 0.370 e. The second-order valence-corrected chi connectivity index (χ2v) is 7.25. The number of benzene rings is 2. The summed E-state index contributed by atoms with van der Waals surface area (Å²) in [6.45, 7) is 8.87. The average Bonchev–Trinajstić information content (AvgIpc) is 2.54. The number of carbonyl (C=O) groups excluding carboxylic acids is 1. The lowest BCUT2D eigenvalue weighted by molar-refractivity contribution is -0.122. The molecule has 0 saturated heterocycles. The van der Waals surface area contributed by atoms with Crippen LogP contribution in [0.25, 0.3) is 0 Å². The average molecular weight is 322 g/mol. The van der Waals surface area contributed by atoms with Crippen molar-refractivity contribution in [2.75, 3.05) is 16.8 Å². The molecule has 1 heterocycles. The third kappa shape index (κ3) is 3.16. The molecule has 0 saturated carbocycles. The van der Waals surface area contributed by atoms with Gasteiger partial charge in [-0.3, -0.25) is 4.79 Å².